The first-order valence-electron chi connectivity index (χ1n) is 5.76. The molecule has 0 saturated heterocycles. The number of amides is 1. The van der Waals surface area contributed by atoms with Crippen LogP contribution in [0.3, 0.4) is 0 Å². The maximum atomic E-state index is 13.0. The first kappa shape index (κ1) is 13.0. The summed E-state index contributed by atoms with van der Waals surface area (Å²) in [5.74, 6) is -0.719. The lowest BCUT2D eigenvalue weighted by molar-refractivity contribution is 0.0941. The van der Waals surface area contributed by atoms with Crippen molar-refractivity contribution in [3.8, 4) is 0 Å². The van der Waals surface area contributed by atoms with E-state index in [9.17, 15) is 14.0 Å². The molecule has 0 fully saturated rings. The number of rotatable bonds is 3. The molecule has 1 aromatic heterocycles. The highest BCUT2D eigenvalue weighted by atomic mass is 19.1. The molecule has 0 aliphatic carbocycles. The fourth-order valence-electron chi connectivity index (χ4n) is 1.71. The summed E-state index contributed by atoms with van der Waals surface area (Å²) in [6, 6.07) is 10.4. The van der Waals surface area contributed by atoms with E-state index in [4.69, 9.17) is 0 Å². The zero-order valence-corrected chi connectivity index (χ0v) is 10.4. The molecule has 19 heavy (non-hydrogen) atoms. The Hall–Kier alpha value is -2.43. The number of aromatic nitrogens is 1. The summed E-state index contributed by atoms with van der Waals surface area (Å²) in [6.45, 7) is 0.208. The van der Waals surface area contributed by atoms with Crippen LogP contribution in [0.1, 0.15) is 16.1 Å². The molecule has 1 amide bonds. The predicted octanol–water partition coefficient (Wildman–Crippen LogP) is 1.45. The van der Waals surface area contributed by atoms with E-state index in [1.807, 2.05) is 0 Å². The smallest absolute Gasteiger partial charge is 0.268 e. The van der Waals surface area contributed by atoms with E-state index in [1.54, 1.807) is 18.2 Å². The predicted molar refractivity (Wildman–Crippen MR) is 69.3 cm³/mol. The Kier molecular flexibility index (Phi) is 3.75. The van der Waals surface area contributed by atoms with Crippen LogP contribution >= 0.6 is 0 Å². The maximum Gasteiger partial charge on any atom is 0.268 e. The molecule has 0 radical (unpaired) electrons. The zero-order chi connectivity index (χ0) is 13.8. The van der Waals surface area contributed by atoms with Crippen molar-refractivity contribution in [1.29, 1.82) is 0 Å². The van der Waals surface area contributed by atoms with Crippen molar-refractivity contribution in [2.24, 2.45) is 7.05 Å². The number of hydrogen-bond donors (Lipinski definition) is 1. The molecule has 2 aromatic rings. The molecule has 0 bridgehead atoms. The van der Waals surface area contributed by atoms with Gasteiger partial charge in [-0.25, -0.2) is 4.39 Å². The molecule has 0 aliphatic rings. The van der Waals surface area contributed by atoms with Gasteiger partial charge in [-0.15, -0.1) is 0 Å². The third-order valence-corrected chi connectivity index (χ3v) is 2.76. The van der Waals surface area contributed by atoms with Crippen molar-refractivity contribution in [2.75, 3.05) is 0 Å². The lowest BCUT2D eigenvalue weighted by Crippen LogP contribution is -2.30. The van der Waals surface area contributed by atoms with Crippen molar-refractivity contribution < 1.29 is 9.18 Å². The molecule has 1 heterocycles. The van der Waals surface area contributed by atoms with E-state index in [2.05, 4.69) is 5.32 Å². The highest BCUT2D eigenvalue weighted by molar-refractivity contribution is 5.92. The Balaban J connectivity index is 2.10. The average Bonchev–Trinajstić information content (AvgIpc) is 2.39. The van der Waals surface area contributed by atoms with Gasteiger partial charge in [0.2, 0.25) is 0 Å². The minimum Gasteiger partial charge on any atom is -0.347 e. The molecule has 1 N–H and O–H groups in total. The van der Waals surface area contributed by atoms with Crippen LogP contribution in [0.15, 0.2) is 47.3 Å². The van der Waals surface area contributed by atoms with E-state index in [0.717, 1.165) is 0 Å². The highest BCUT2D eigenvalue weighted by Crippen LogP contribution is 2.03. The summed E-state index contributed by atoms with van der Waals surface area (Å²) in [5.41, 5.74) is 0.677. The van der Waals surface area contributed by atoms with Crippen molar-refractivity contribution in [3.63, 3.8) is 0 Å². The van der Waals surface area contributed by atoms with Crippen LogP contribution in [0, 0.1) is 5.82 Å². The zero-order valence-electron chi connectivity index (χ0n) is 10.4. The van der Waals surface area contributed by atoms with E-state index in [0.29, 0.717) is 5.56 Å². The molecule has 2 rings (SSSR count). The van der Waals surface area contributed by atoms with Gasteiger partial charge in [-0.3, -0.25) is 9.59 Å². The normalized spacial score (nSPS) is 10.2. The summed E-state index contributed by atoms with van der Waals surface area (Å²) < 4.78 is 14.2. The van der Waals surface area contributed by atoms with Crippen molar-refractivity contribution in [3.05, 3.63) is 69.9 Å². The first-order valence-corrected chi connectivity index (χ1v) is 5.76. The van der Waals surface area contributed by atoms with Crippen LogP contribution in [0.4, 0.5) is 4.39 Å². The van der Waals surface area contributed by atoms with Gasteiger partial charge in [-0.2, -0.15) is 0 Å². The largest absolute Gasteiger partial charge is 0.347 e. The second kappa shape index (κ2) is 5.48. The van der Waals surface area contributed by atoms with Gasteiger partial charge in [-0.1, -0.05) is 18.2 Å². The molecule has 98 valence electrons. The van der Waals surface area contributed by atoms with Crippen LogP contribution < -0.4 is 10.9 Å². The molecule has 0 unspecified atom stereocenters. The fraction of sp³-hybridized carbons (Fsp3) is 0.143. The molecular formula is C14H13FN2O2. The molecule has 1 aromatic carbocycles. The summed E-state index contributed by atoms with van der Waals surface area (Å²) in [6.07, 6.45) is 0. The molecule has 0 aliphatic heterocycles. The number of nitrogens with zero attached hydrogens (tertiary/aromatic N) is 1. The van der Waals surface area contributed by atoms with E-state index in [1.165, 1.54) is 35.9 Å². The molecule has 0 atom stereocenters. The maximum absolute atomic E-state index is 13.0. The van der Waals surface area contributed by atoms with Crippen LogP contribution in [-0.2, 0) is 13.6 Å². The van der Waals surface area contributed by atoms with Crippen molar-refractivity contribution >= 4 is 5.91 Å². The standard InChI is InChI=1S/C14H13FN2O2/c1-17-12(6-3-7-13(17)18)14(19)16-9-10-4-2-5-11(15)8-10/h2-8H,9H2,1H3,(H,16,19). The summed E-state index contributed by atoms with van der Waals surface area (Å²) in [5, 5.41) is 2.65. The summed E-state index contributed by atoms with van der Waals surface area (Å²) in [4.78, 5) is 23.3. The number of carbonyl (C=O) groups excluding carboxylic acids is 1. The third-order valence-electron chi connectivity index (χ3n) is 2.76. The van der Waals surface area contributed by atoms with Crippen molar-refractivity contribution in [1.82, 2.24) is 9.88 Å². The first-order chi connectivity index (χ1) is 9.08. The van der Waals surface area contributed by atoms with Gasteiger partial charge in [0.05, 0.1) is 0 Å². The molecule has 0 spiro atoms. The number of halogens is 1. The lowest BCUT2D eigenvalue weighted by atomic mass is 10.2. The van der Waals surface area contributed by atoms with Gasteiger partial charge in [0.25, 0.3) is 11.5 Å². The Morgan fingerprint density at radius 3 is 2.74 bits per heavy atom. The Labute approximate surface area is 109 Å². The molecule has 0 saturated carbocycles. The minimum atomic E-state index is -0.371. The number of pyridine rings is 1. The van der Waals surface area contributed by atoms with Crippen molar-refractivity contribution in [2.45, 2.75) is 6.54 Å². The quantitative estimate of drug-likeness (QED) is 0.908. The van der Waals surface area contributed by atoms with Crippen LogP contribution in [0.25, 0.3) is 0 Å². The summed E-state index contributed by atoms with van der Waals surface area (Å²) in [7, 11) is 1.53. The lowest BCUT2D eigenvalue weighted by Gasteiger charge is -2.08. The monoisotopic (exact) mass is 260 g/mol. The van der Waals surface area contributed by atoms with Gasteiger partial charge in [0.15, 0.2) is 0 Å². The third kappa shape index (κ3) is 3.07. The topological polar surface area (TPSA) is 51.1 Å². The van der Waals surface area contributed by atoms with Crippen LogP contribution in [0.5, 0.6) is 0 Å². The van der Waals surface area contributed by atoms with Gasteiger partial charge in [0, 0.05) is 19.7 Å². The molecular weight excluding hydrogens is 247 g/mol. The molecule has 5 heteroatoms. The van der Waals surface area contributed by atoms with Crippen LogP contribution in [-0.4, -0.2) is 10.5 Å². The van der Waals surface area contributed by atoms with E-state index < -0.39 is 0 Å². The Morgan fingerprint density at radius 1 is 1.26 bits per heavy atom. The molecule has 4 nitrogen and oxygen atoms in total. The van der Waals surface area contributed by atoms with Gasteiger partial charge in [-0.05, 0) is 23.8 Å². The highest BCUT2D eigenvalue weighted by Gasteiger charge is 2.09. The van der Waals surface area contributed by atoms with Gasteiger partial charge >= 0.3 is 0 Å². The second-order valence-corrected chi connectivity index (χ2v) is 4.12. The van der Waals surface area contributed by atoms with Crippen LogP contribution in [0.2, 0.25) is 0 Å². The average molecular weight is 260 g/mol. The Bertz CT molecular complexity index is 664. The fourth-order valence-corrected chi connectivity index (χ4v) is 1.71. The van der Waals surface area contributed by atoms with E-state index >= 15 is 0 Å². The summed E-state index contributed by atoms with van der Waals surface area (Å²) >= 11 is 0. The number of hydrogen-bond acceptors (Lipinski definition) is 2. The number of benzene rings is 1. The van der Waals surface area contributed by atoms with E-state index in [-0.39, 0.29) is 29.5 Å². The number of carbonyl (C=O) groups is 1. The van der Waals surface area contributed by atoms with Gasteiger partial charge in [0.1, 0.15) is 11.5 Å². The SMILES string of the molecule is Cn1c(C(=O)NCc2cccc(F)c2)cccc1=O. The number of nitrogens with one attached hydrogen (secondary N) is 1. The minimum absolute atomic E-state index is 0.208. The Morgan fingerprint density at radius 2 is 2.00 bits per heavy atom. The van der Waals surface area contributed by atoms with Gasteiger partial charge < -0.3 is 9.88 Å². The second-order valence-electron chi connectivity index (χ2n) is 4.12.